The SMILES string of the molecule is CCOC(=O)C(C)(C)Oc1ccc(OCc2c(C(F)(F)F)cc(-c3ccc(OC(F)(F)F)cc3)nc2CC2CC2)cc1C. The van der Waals surface area contributed by atoms with E-state index in [1.54, 1.807) is 39.8 Å². The number of esters is 1. The molecule has 1 aliphatic rings. The molecule has 43 heavy (non-hydrogen) atoms. The molecule has 0 atom stereocenters. The summed E-state index contributed by atoms with van der Waals surface area (Å²) in [5, 5.41) is 0. The lowest BCUT2D eigenvalue weighted by molar-refractivity contribution is -0.274. The zero-order chi connectivity index (χ0) is 31.6. The predicted molar refractivity (Wildman–Crippen MR) is 145 cm³/mol. The second-order valence-corrected chi connectivity index (χ2v) is 10.7. The zero-order valence-electron chi connectivity index (χ0n) is 24.0. The Morgan fingerprint density at radius 1 is 0.930 bits per heavy atom. The molecular formula is C31H31F6NO5. The van der Waals surface area contributed by atoms with Crippen molar-refractivity contribution in [2.24, 2.45) is 5.92 Å². The number of rotatable bonds is 11. The molecular weight excluding hydrogens is 580 g/mol. The van der Waals surface area contributed by atoms with Gasteiger partial charge >= 0.3 is 18.5 Å². The number of carbonyl (C=O) groups excluding carboxylic acids is 1. The van der Waals surface area contributed by atoms with Gasteiger partial charge in [-0.25, -0.2) is 4.79 Å². The molecule has 6 nitrogen and oxygen atoms in total. The fourth-order valence-corrected chi connectivity index (χ4v) is 4.38. The average Bonchev–Trinajstić information content (AvgIpc) is 3.72. The van der Waals surface area contributed by atoms with Crippen LogP contribution in [0.2, 0.25) is 0 Å². The van der Waals surface area contributed by atoms with Crippen LogP contribution < -0.4 is 14.2 Å². The monoisotopic (exact) mass is 611 g/mol. The summed E-state index contributed by atoms with van der Waals surface area (Å²) in [6, 6.07) is 10.1. The van der Waals surface area contributed by atoms with E-state index >= 15 is 0 Å². The Labute approximate surface area is 244 Å². The molecule has 0 saturated heterocycles. The molecule has 0 amide bonds. The lowest BCUT2D eigenvalue weighted by Gasteiger charge is -2.25. The maximum Gasteiger partial charge on any atom is 0.573 e. The van der Waals surface area contributed by atoms with E-state index in [0.717, 1.165) is 31.0 Å². The number of ether oxygens (including phenoxy) is 4. The third-order valence-corrected chi connectivity index (χ3v) is 6.74. The van der Waals surface area contributed by atoms with E-state index in [1.807, 2.05) is 0 Å². The third-order valence-electron chi connectivity index (χ3n) is 6.74. The quantitative estimate of drug-likeness (QED) is 0.161. The van der Waals surface area contributed by atoms with Gasteiger partial charge in [0.15, 0.2) is 5.60 Å². The van der Waals surface area contributed by atoms with Gasteiger partial charge in [0.2, 0.25) is 0 Å². The lowest BCUT2D eigenvalue weighted by Crippen LogP contribution is -2.39. The van der Waals surface area contributed by atoms with Crippen molar-refractivity contribution in [3.8, 4) is 28.5 Å². The number of aromatic nitrogens is 1. The van der Waals surface area contributed by atoms with Crippen molar-refractivity contribution in [2.75, 3.05) is 6.61 Å². The normalized spacial score (nSPS) is 13.9. The van der Waals surface area contributed by atoms with Crippen LogP contribution in [0.25, 0.3) is 11.3 Å². The summed E-state index contributed by atoms with van der Waals surface area (Å²) < 4.78 is 101. The molecule has 0 N–H and O–H groups in total. The van der Waals surface area contributed by atoms with Crippen molar-refractivity contribution in [3.63, 3.8) is 0 Å². The Hall–Kier alpha value is -3.96. The van der Waals surface area contributed by atoms with Gasteiger partial charge < -0.3 is 18.9 Å². The molecule has 4 rings (SSSR count). The first-order valence-corrected chi connectivity index (χ1v) is 13.6. The molecule has 0 aliphatic heterocycles. The van der Waals surface area contributed by atoms with E-state index in [9.17, 15) is 31.1 Å². The molecule has 0 unspecified atom stereocenters. The number of alkyl halides is 6. The minimum absolute atomic E-state index is 0.0214. The molecule has 0 bridgehead atoms. The summed E-state index contributed by atoms with van der Waals surface area (Å²) in [4.78, 5) is 16.7. The summed E-state index contributed by atoms with van der Waals surface area (Å²) in [6.45, 7) is 6.30. The highest BCUT2D eigenvalue weighted by Crippen LogP contribution is 2.40. The van der Waals surface area contributed by atoms with Crippen molar-refractivity contribution >= 4 is 5.97 Å². The smallest absolute Gasteiger partial charge is 0.489 e. The standard InChI is InChI=1S/C31H31F6NO5/c1-5-40-28(39)29(3,4)43-27-13-12-22(14-18(27)2)41-17-23-24(30(32,33)34)16-25(38-26(23)15-19-6-7-19)20-8-10-21(11-9-20)42-31(35,36)37/h8-14,16,19H,5-7,15,17H2,1-4H3. The van der Waals surface area contributed by atoms with Gasteiger partial charge in [0.25, 0.3) is 0 Å². The summed E-state index contributed by atoms with van der Waals surface area (Å²) >= 11 is 0. The van der Waals surface area contributed by atoms with E-state index in [1.165, 1.54) is 18.2 Å². The Morgan fingerprint density at radius 3 is 2.14 bits per heavy atom. The molecule has 0 radical (unpaired) electrons. The third kappa shape index (κ3) is 8.55. The fourth-order valence-electron chi connectivity index (χ4n) is 4.38. The van der Waals surface area contributed by atoms with Gasteiger partial charge in [-0.05, 0) is 107 Å². The van der Waals surface area contributed by atoms with Crippen molar-refractivity contribution in [1.82, 2.24) is 4.98 Å². The van der Waals surface area contributed by atoms with Crippen LogP contribution in [0.4, 0.5) is 26.3 Å². The molecule has 1 aromatic heterocycles. The van der Waals surface area contributed by atoms with E-state index in [2.05, 4.69) is 9.72 Å². The molecule has 1 aliphatic carbocycles. The maximum absolute atomic E-state index is 14.4. The zero-order valence-corrected chi connectivity index (χ0v) is 24.0. The first kappa shape index (κ1) is 32.0. The van der Waals surface area contributed by atoms with Crippen molar-refractivity contribution in [3.05, 3.63) is 70.9 Å². The topological polar surface area (TPSA) is 66.9 Å². The molecule has 3 aromatic rings. The highest BCUT2D eigenvalue weighted by Gasteiger charge is 2.37. The lowest BCUT2D eigenvalue weighted by atomic mass is 9.99. The van der Waals surface area contributed by atoms with Crippen LogP contribution in [0.15, 0.2) is 48.5 Å². The van der Waals surface area contributed by atoms with Crippen molar-refractivity contribution in [1.29, 1.82) is 0 Å². The molecule has 12 heteroatoms. The first-order chi connectivity index (χ1) is 20.1. The van der Waals surface area contributed by atoms with Gasteiger partial charge in [0.1, 0.15) is 23.9 Å². The maximum atomic E-state index is 14.4. The molecule has 1 fully saturated rings. The molecule has 232 valence electrons. The van der Waals surface area contributed by atoms with Crippen LogP contribution in [-0.2, 0) is 28.7 Å². The molecule has 1 heterocycles. The highest BCUT2D eigenvalue weighted by molar-refractivity contribution is 5.79. The van der Waals surface area contributed by atoms with E-state index in [0.29, 0.717) is 17.7 Å². The second kappa shape index (κ2) is 12.3. The van der Waals surface area contributed by atoms with Crippen LogP contribution in [0, 0.1) is 12.8 Å². The first-order valence-electron chi connectivity index (χ1n) is 13.6. The Bertz CT molecular complexity index is 1450. The minimum Gasteiger partial charge on any atom is -0.489 e. The van der Waals surface area contributed by atoms with Gasteiger partial charge in [-0.1, -0.05) is 0 Å². The van der Waals surface area contributed by atoms with Gasteiger partial charge in [0.05, 0.1) is 17.9 Å². The number of aryl methyl sites for hydroxylation is 1. The van der Waals surface area contributed by atoms with Crippen LogP contribution in [0.5, 0.6) is 17.2 Å². The van der Waals surface area contributed by atoms with Crippen LogP contribution in [-0.4, -0.2) is 29.5 Å². The number of halogens is 6. The van der Waals surface area contributed by atoms with Gasteiger partial charge in [-0.2, -0.15) is 13.2 Å². The second-order valence-electron chi connectivity index (χ2n) is 10.7. The number of carbonyl (C=O) groups is 1. The summed E-state index contributed by atoms with van der Waals surface area (Å²) in [7, 11) is 0. The van der Waals surface area contributed by atoms with Crippen LogP contribution >= 0.6 is 0 Å². The Morgan fingerprint density at radius 2 is 1.58 bits per heavy atom. The number of nitrogens with zero attached hydrogens (tertiary/aromatic N) is 1. The van der Waals surface area contributed by atoms with Crippen molar-refractivity contribution in [2.45, 2.75) is 71.7 Å². The van der Waals surface area contributed by atoms with Crippen LogP contribution in [0.3, 0.4) is 0 Å². The summed E-state index contributed by atoms with van der Waals surface area (Å²) in [5.41, 5.74) is -1.31. The number of pyridine rings is 1. The molecule has 2 aromatic carbocycles. The number of hydrogen-bond donors (Lipinski definition) is 0. The number of hydrogen-bond acceptors (Lipinski definition) is 6. The Kier molecular flexibility index (Phi) is 9.17. The average molecular weight is 612 g/mol. The van der Waals surface area contributed by atoms with Gasteiger partial charge in [-0.3, -0.25) is 4.98 Å². The van der Waals surface area contributed by atoms with Gasteiger partial charge in [-0.15, -0.1) is 13.2 Å². The fraction of sp³-hybridized carbons (Fsp3) is 0.419. The van der Waals surface area contributed by atoms with Crippen molar-refractivity contribution < 1.29 is 50.1 Å². The van der Waals surface area contributed by atoms with E-state index in [-0.39, 0.29) is 40.8 Å². The summed E-state index contributed by atoms with van der Waals surface area (Å²) in [6.07, 6.45) is -7.62. The number of benzene rings is 2. The summed E-state index contributed by atoms with van der Waals surface area (Å²) in [5.74, 6) is -0.181. The largest absolute Gasteiger partial charge is 0.573 e. The predicted octanol–water partition coefficient (Wildman–Crippen LogP) is 8.23. The van der Waals surface area contributed by atoms with Gasteiger partial charge in [0, 0.05) is 16.8 Å². The Balaban J connectivity index is 1.61. The molecule has 1 saturated carbocycles. The highest BCUT2D eigenvalue weighted by atomic mass is 19.4. The van der Waals surface area contributed by atoms with E-state index in [4.69, 9.17) is 14.2 Å². The minimum atomic E-state index is -4.90. The van der Waals surface area contributed by atoms with Crippen LogP contribution in [0.1, 0.15) is 56.0 Å². The molecule has 0 spiro atoms. The van der Waals surface area contributed by atoms with E-state index < -0.39 is 42.0 Å².